The van der Waals surface area contributed by atoms with E-state index in [0.29, 0.717) is 18.7 Å². The maximum Gasteiger partial charge on any atom is 0.573 e. The fourth-order valence-corrected chi connectivity index (χ4v) is 5.07. The molecule has 9 nitrogen and oxygen atoms in total. The molecular formula is C22H23F3N6O3. The Morgan fingerprint density at radius 1 is 1.26 bits per heavy atom. The number of hydrogen-bond donors (Lipinski definition) is 1. The standard InChI is InChI=1S/C22H23F3N6O3/c1-13(18(32)28-17-7-15(3-4-26-17)34-22(23,24)25)14-8-21(9-14)11-30(12-21)20(33)16-10-27-31-6-5-29(2)19(16)31/h3-7,10,13-14H,8-9,11-12H2,1-2H3,(H,26,28,32). The van der Waals surface area contributed by atoms with Crippen molar-refractivity contribution in [3.8, 4) is 5.75 Å². The molecule has 180 valence electrons. The summed E-state index contributed by atoms with van der Waals surface area (Å²) in [4.78, 5) is 31.3. The summed E-state index contributed by atoms with van der Waals surface area (Å²) < 4.78 is 44.6. The van der Waals surface area contributed by atoms with Crippen molar-refractivity contribution in [1.29, 1.82) is 0 Å². The smallest absolute Gasteiger partial charge is 0.406 e. The lowest BCUT2D eigenvalue weighted by molar-refractivity contribution is -0.274. The summed E-state index contributed by atoms with van der Waals surface area (Å²) in [5.74, 6) is -1.02. The molecule has 0 bridgehead atoms. The van der Waals surface area contributed by atoms with Crippen LogP contribution in [0.3, 0.4) is 0 Å². The molecule has 3 aromatic heterocycles. The van der Waals surface area contributed by atoms with Crippen molar-refractivity contribution in [1.82, 2.24) is 24.1 Å². The van der Waals surface area contributed by atoms with Gasteiger partial charge in [-0.05, 0) is 24.8 Å². The number of nitrogens with one attached hydrogen (secondary N) is 1. The van der Waals surface area contributed by atoms with Crippen molar-refractivity contribution in [2.75, 3.05) is 18.4 Å². The molecule has 1 aliphatic carbocycles. The van der Waals surface area contributed by atoms with Gasteiger partial charge in [0.15, 0.2) is 0 Å². The number of anilines is 1. The lowest BCUT2D eigenvalue weighted by Gasteiger charge is -2.60. The van der Waals surface area contributed by atoms with E-state index >= 15 is 0 Å². The number of halogens is 3. The Morgan fingerprint density at radius 3 is 2.71 bits per heavy atom. The SMILES string of the molecule is CC(C(=O)Nc1cc(OC(F)(F)F)ccn1)C1CC2(C1)CN(C(=O)c1cnn3ccn(C)c13)C2. The molecule has 2 fully saturated rings. The summed E-state index contributed by atoms with van der Waals surface area (Å²) >= 11 is 0. The van der Waals surface area contributed by atoms with Crippen molar-refractivity contribution in [3.63, 3.8) is 0 Å². The van der Waals surface area contributed by atoms with Gasteiger partial charge in [0.25, 0.3) is 5.91 Å². The molecule has 2 aliphatic rings. The molecule has 1 atom stereocenters. The van der Waals surface area contributed by atoms with Crippen LogP contribution in [-0.4, -0.2) is 55.3 Å². The van der Waals surface area contributed by atoms with Gasteiger partial charge in [-0.3, -0.25) is 9.59 Å². The molecule has 1 saturated heterocycles. The van der Waals surface area contributed by atoms with E-state index in [4.69, 9.17) is 0 Å². The van der Waals surface area contributed by atoms with Crippen LogP contribution in [0.15, 0.2) is 36.9 Å². The van der Waals surface area contributed by atoms with E-state index < -0.39 is 12.1 Å². The zero-order valence-electron chi connectivity index (χ0n) is 18.5. The van der Waals surface area contributed by atoms with Crippen LogP contribution in [0.4, 0.5) is 19.0 Å². The molecule has 4 heterocycles. The number of rotatable bonds is 5. The van der Waals surface area contributed by atoms with Gasteiger partial charge in [0.05, 0.1) is 6.20 Å². The lowest BCUT2D eigenvalue weighted by Crippen LogP contribution is -2.64. The Labute approximate surface area is 192 Å². The number of hydrogen-bond acceptors (Lipinski definition) is 5. The minimum atomic E-state index is -4.82. The second-order valence-electron chi connectivity index (χ2n) is 9.27. The van der Waals surface area contributed by atoms with Crippen molar-refractivity contribution < 1.29 is 27.5 Å². The maximum absolute atomic E-state index is 12.9. The van der Waals surface area contributed by atoms with E-state index in [1.807, 2.05) is 17.8 Å². The predicted octanol–water partition coefficient (Wildman–Crippen LogP) is 3.09. The number of ether oxygens (including phenoxy) is 1. The van der Waals surface area contributed by atoms with E-state index in [1.54, 1.807) is 28.7 Å². The highest BCUT2D eigenvalue weighted by Crippen LogP contribution is 2.54. The van der Waals surface area contributed by atoms with Crippen LogP contribution in [0.2, 0.25) is 0 Å². The van der Waals surface area contributed by atoms with Gasteiger partial charge in [-0.2, -0.15) is 5.10 Å². The molecule has 0 radical (unpaired) electrons. The minimum Gasteiger partial charge on any atom is -0.406 e. The molecule has 1 N–H and O–H groups in total. The Morgan fingerprint density at radius 2 is 2.00 bits per heavy atom. The summed E-state index contributed by atoms with van der Waals surface area (Å²) in [6.07, 6.45) is 3.16. The van der Waals surface area contributed by atoms with E-state index in [9.17, 15) is 22.8 Å². The fraction of sp³-hybridized carbons (Fsp3) is 0.455. The number of aryl methyl sites for hydroxylation is 1. The van der Waals surface area contributed by atoms with Crippen LogP contribution in [0.5, 0.6) is 5.75 Å². The molecule has 0 aromatic carbocycles. The quantitative estimate of drug-likeness (QED) is 0.611. The van der Waals surface area contributed by atoms with Crippen molar-refractivity contribution in [2.24, 2.45) is 24.3 Å². The molecule has 3 aromatic rings. The van der Waals surface area contributed by atoms with Crippen LogP contribution in [0.25, 0.3) is 5.65 Å². The third-order valence-electron chi connectivity index (χ3n) is 6.83. The lowest BCUT2D eigenvalue weighted by atomic mass is 9.54. The summed E-state index contributed by atoms with van der Waals surface area (Å²) in [6.45, 7) is 3.07. The van der Waals surface area contributed by atoms with Crippen LogP contribution in [0, 0.1) is 17.3 Å². The number of imidazole rings is 1. The second-order valence-corrected chi connectivity index (χ2v) is 9.27. The first-order valence-corrected chi connectivity index (χ1v) is 10.8. The molecule has 34 heavy (non-hydrogen) atoms. The summed E-state index contributed by atoms with van der Waals surface area (Å²) in [6, 6.07) is 2.11. The van der Waals surface area contributed by atoms with E-state index in [0.717, 1.165) is 36.8 Å². The van der Waals surface area contributed by atoms with Crippen LogP contribution < -0.4 is 10.1 Å². The summed E-state index contributed by atoms with van der Waals surface area (Å²) in [5.41, 5.74) is 1.34. The molecule has 5 rings (SSSR count). The third kappa shape index (κ3) is 3.97. The first-order chi connectivity index (χ1) is 16.0. The second kappa shape index (κ2) is 7.74. The van der Waals surface area contributed by atoms with Gasteiger partial charge in [0, 0.05) is 56.1 Å². The Kier molecular flexibility index (Phi) is 5.06. The van der Waals surface area contributed by atoms with Gasteiger partial charge < -0.3 is 19.5 Å². The molecule has 1 aliphatic heterocycles. The average Bonchev–Trinajstić information content (AvgIpc) is 3.27. The number of likely N-dealkylation sites (tertiary alicyclic amines) is 1. The summed E-state index contributed by atoms with van der Waals surface area (Å²) in [5, 5.41) is 6.79. The molecule has 1 spiro atoms. The van der Waals surface area contributed by atoms with E-state index in [1.165, 1.54) is 0 Å². The number of nitrogens with zero attached hydrogens (tertiary/aromatic N) is 5. The van der Waals surface area contributed by atoms with Crippen LogP contribution in [0.1, 0.15) is 30.1 Å². The molecule has 2 amide bonds. The van der Waals surface area contributed by atoms with Crippen molar-refractivity contribution in [2.45, 2.75) is 26.1 Å². The Hall–Kier alpha value is -3.57. The molecular weight excluding hydrogens is 453 g/mol. The molecule has 1 saturated carbocycles. The average molecular weight is 476 g/mol. The van der Waals surface area contributed by atoms with E-state index in [-0.39, 0.29) is 34.9 Å². The number of carbonyl (C=O) groups excluding carboxylic acids is 2. The van der Waals surface area contributed by atoms with Gasteiger partial charge >= 0.3 is 6.36 Å². The number of aromatic nitrogens is 4. The van der Waals surface area contributed by atoms with Gasteiger partial charge in [-0.1, -0.05) is 6.92 Å². The Bertz CT molecular complexity index is 1250. The fourth-order valence-electron chi connectivity index (χ4n) is 5.07. The van der Waals surface area contributed by atoms with Crippen molar-refractivity contribution >= 4 is 23.3 Å². The minimum absolute atomic E-state index is 0.00113. The monoisotopic (exact) mass is 476 g/mol. The highest BCUT2D eigenvalue weighted by Gasteiger charge is 2.55. The molecule has 12 heteroatoms. The highest BCUT2D eigenvalue weighted by atomic mass is 19.4. The highest BCUT2D eigenvalue weighted by molar-refractivity contribution is 6.00. The predicted molar refractivity (Wildman–Crippen MR) is 114 cm³/mol. The third-order valence-corrected chi connectivity index (χ3v) is 6.83. The topological polar surface area (TPSA) is 93.8 Å². The zero-order valence-corrected chi connectivity index (χ0v) is 18.5. The summed E-state index contributed by atoms with van der Waals surface area (Å²) in [7, 11) is 1.86. The van der Waals surface area contributed by atoms with Gasteiger partial charge in [0.2, 0.25) is 5.91 Å². The maximum atomic E-state index is 12.9. The van der Waals surface area contributed by atoms with Crippen LogP contribution in [-0.2, 0) is 11.8 Å². The van der Waals surface area contributed by atoms with Crippen LogP contribution >= 0.6 is 0 Å². The first-order valence-electron chi connectivity index (χ1n) is 10.8. The number of pyridine rings is 1. The molecule has 1 unspecified atom stereocenters. The normalized spacial score (nSPS) is 18.4. The van der Waals surface area contributed by atoms with E-state index in [2.05, 4.69) is 20.1 Å². The largest absolute Gasteiger partial charge is 0.573 e. The number of carbonyl (C=O) groups is 2. The number of amides is 2. The first kappa shape index (κ1) is 22.2. The van der Waals surface area contributed by atoms with Gasteiger partial charge in [0.1, 0.15) is 22.8 Å². The Balaban J connectivity index is 1.14. The zero-order chi connectivity index (χ0) is 24.3. The van der Waals surface area contributed by atoms with Gasteiger partial charge in [-0.15, -0.1) is 13.2 Å². The number of alkyl halides is 3. The van der Waals surface area contributed by atoms with Gasteiger partial charge in [-0.25, -0.2) is 9.50 Å². The van der Waals surface area contributed by atoms with Crippen molar-refractivity contribution in [3.05, 3.63) is 42.5 Å². The number of fused-ring (bicyclic) bond motifs is 1.